The largest absolute Gasteiger partial charge is 0.464 e. The number of esters is 1. The summed E-state index contributed by atoms with van der Waals surface area (Å²) in [4.78, 5) is 26.0. The average Bonchev–Trinajstić information content (AvgIpc) is 2.43. The van der Waals surface area contributed by atoms with Gasteiger partial charge in [-0.05, 0) is 45.4 Å². The maximum atomic E-state index is 12.6. The summed E-state index contributed by atoms with van der Waals surface area (Å²) >= 11 is 12.2. The predicted octanol–water partition coefficient (Wildman–Crippen LogP) is 3.72. The zero-order valence-corrected chi connectivity index (χ0v) is 14.7. The molecule has 1 aromatic rings. The minimum atomic E-state index is -0.659. The Morgan fingerprint density at radius 1 is 1.18 bits per heavy atom. The van der Waals surface area contributed by atoms with E-state index >= 15 is 0 Å². The lowest BCUT2D eigenvalue weighted by molar-refractivity contribution is -0.155. The van der Waals surface area contributed by atoms with Crippen molar-refractivity contribution in [3.63, 3.8) is 0 Å². The predicted molar refractivity (Wildman–Crippen MR) is 88.2 cm³/mol. The highest BCUT2D eigenvalue weighted by Crippen LogP contribution is 2.25. The van der Waals surface area contributed by atoms with Crippen LogP contribution in [-0.2, 0) is 20.7 Å². The number of nitrogens with zero attached hydrogens (tertiary/aromatic N) is 1. The summed E-state index contributed by atoms with van der Waals surface area (Å²) < 4.78 is 5.00. The van der Waals surface area contributed by atoms with E-state index in [0.717, 1.165) is 0 Å². The van der Waals surface area contributed by atoms with Gasteiger partial charge in [-0.25, -0.2) is 4.79 Å². The first-order valence-corrected chi connectivity index (χ1v) is 7.95. The number of hydrogen-bond acceptors (Lipinski definition) is 3. The van der Waals surface area contributed by atoms with E-state index in [-0.39, 0.29) is 25.0 Å². The number of amides is 1. The first-order chi connectivity index (χ1) is 10.3. The Bertz CT molecular complexity index is 526. The molecule has 1 aromatic carbocycles. The van der Waals surface area contributed by atoms with Crippen molar-refractivity contribution in [3.8, 4) is 0 Å². The van der Waals surface area contributed by atoms with Crippen LogP contribution in [0.3, 0.4) is 0 Å². The Kier molecular flexibility index (Phi) is 7.17. The second-order valence-electron chi connectivity index (χ2n) is 5.20. The van der Waals surface area contributed by atoms with E-state index in [4.69, 9.17) is 27.9 Å². The van der Waals surface area contributed by atoms with Crippen molar-refractivity contribution in [2.75, 3.05) is 6.61 Å². The fourth-order valence-electron chi connectivity index (χ4n) is 2.27. The number of halogens is 2. The van der Waals surface area contributed by atoms with E-state index in [1.807, 2.05) is 13.8 Å². The summed E-state index contributed by atoms with van der Waals surface area (Å²) in [5.41, 5.74) is 0.567. The standard InChI is InChI=1S/C16H21Cl2NO3/c1-5-22-16(21)11(4)19(10(2)3)15(20)9-12-13(17)7-6-8-14(12)18/h6-8,10-11H,5,9H2,1-4H3/t11-/m0/s1. The van der Waals surface area contributed by atoms with Crippen LogP contribution < -0.4 is 0 Å². The van der Waals surface area contributed by atoms with E-state index in [1.54, 1.807) is 32.0 Å². The zero-order valence-electron chi connectivity index (χ0n) is 13.2. The number of carbonyl (C=O) groups excluding carboxylic acids is 2. The van der Waals surface area contributed by atoms with Crippen molar-refractivity contribution < 1.29 is 14.3 Å². The number of rotatable bonds is 6. The van der Waals surface area contributed by atoms with Gasteiger partial charge >= 0.3 is 5.97 Å². The van der Waals surface area contributed by atoms with Crippen molar-refractivity contribution >= 4 is 35.1 Å². The van der Waals surface area contributed by atoms with Gasteiger partial charge in [-0.1, -0.05) is 29.3 Å². The first kappa shape index (κ1) is 18.8. The summed E-state index contributed by atoms with van der Waals surface area (Å²) in [5.74, 6) is -0.639. The Balaban J connectivity index is 2.97. The van der Waals surface area contributed by atoms with Crippen molar-refractivity contribution in [3.05, 3.63) is 33.8 Å². The third-order valence-electron chi connectivity index (χ3n) is 3.28. The minimum absolute atomic E-state index is 0.0421. The van der Waals surface area contributed by atoms with Crippen LogP contribution in [0.15, 0.2) is 18.2 Å². The van der Waals surface area contributed by atoms with Gasteiger partial charge < -0.3 is 9.64 Å². The summed E-state index contributed by atoms with van der Waals surface area (Å²) in [6.45, 7) is 7.36. The van der Waals surface area contributed by atoms with Gasteiger partial charge in [0.05, 0.1) is 13.0 Å². The SMILES string of the molecule is CCOC(=O)[C@H](C)N(C(=O)Cc1c(Cl)cccc1Cl)C(C)C. The quantitative estimate of drug-likeness (QED) is 0.738. The average molecular weight is 346 g/mol. The van der Waals surface area contributed by atoms with E-state index in [2.05, 4.69) is 0 Å². The van der Waals surface area contributed by atoms with Crippen LogP contribution in [0.1, 0.15) is 33.3 Å². The summed E-state index contributed by atoms with van der Waals surface area (Å²) in [7, 11) is 0. The molecule has 6 heteroatoms. The molecule has 0 heterocycles. The lowest BCUT2D eigenvalue weighted by Crippen LogP contribution is -2.48. The fraction of sp³-hybridized carbons (Fsp3) is 0.500. The molecule has 0 bridgehead atoms. The van der Waals surface area contributed by atoms with Crippen molar-refractivity contribution in [1.29, 1.82) is 0 Å². The van der Waals surface area contributed by atoms with Gasteiger partial charge in [0.15, 0.2) is 0 Å². The molecule has 0 unspecified atom stereocenters. The molecule has 22 heavy (non-hydrogen) atoms. The van der Waals surface area contributed by atoms with E-state index < -0.39 is 12.0 Å². The number of ether oxygens (including phenoxy) is 1. The normalized spacial score (nSPS) is 12.1. The fourth-order valence-corrected chi connectivity index (χ4v) is 2.80. The van der Waals surface area contributed by atoms with Crippen molar-refractivity contribution in [2.24, 2.45) is 0 Å². The molecule has 122 valence electrons. The lowest BCUT2D eigenvalue weighted by Gasteiger charge is -2.31. The van der Waals surface area contributed by atoms with Gasteiger partial charge in [0.2, 0.25) is 5.91 Å². The monoisotopic (exact) mass is 345 g/mol. The molecular formula is C16H21Cl2NO3. The van der Waals surface area contributed by atoms with Gasteiger partial charge in [-0.3, -0.25) is 4.79 Å². The second-order valence-corrected chi connectivity index (χ2v) is 6.01. The Hall–Kier alpha value is -1.26. The van der Waals surface area contributed by atoms with Crippen LogP contribution >= 0.6 is 23.2 Å². The van der Waals surface area contributed by atoms with E-state index in [1.165, 1.54) is 4.90 Å². The zero-order chi connectivity index (χ0) is 16.9. The Morgan fingerprint density at radius 3 is 2.18 bits per heavy atom. The molecule has 0 aromatic heterocycles. The van der Waals surface area contributed by atoms with Crippen LogP contribution in [0.2, 0.25) is 10.0 Å². The van der Waals surface area contributed by atoms with Gasteiger partial charge in [0.1, 0.15) is 6.04 Å². The second kappa shape index (κ2) is 8.39. The van der Waals surface area contributed by atoms with Gasteiger partial charge in [0.25, 0.3) is 0 Å². The minimum Gasteiger partial charge on any atom is -0.464 e. The number of benzene rings is 1. The Morgan fingerprint density at radius 2 is 1.73 bits per heavy atom. The van der Waals surface area contributed by atoms with Crippen LogP contribution in [-0.4, -0.2) is 35.5 Å². The summed E-state index contributed by atoms with van der Waals surface area (Å²) in [5, 5.41) is 0.877. The molecule has 0 aliphatic rings. The topological polar surface area (TPSA) is 46.6 Å². The molecule has 0 radical (unpaired) electrons. The molecule has 0 aliphatic carbocycles. The van der Waals surface area contributed by atoms with Crippen molar-refractivity contribution in [1.82, 2.24) is 4.90 Å². The van der Waals surface area contributed by atoms with E-state index in [0.29, 0.717) is 15.6 Å². The van der Waals surface area contributed by atoms with Gasteiger partial charge in [-0.15, -0.1) is 0 Å². The molecular weight excluding hydrogens is 325 g/mol. The maximum absolute atomic E-state index is 12.6. The summed E-state index contributed by atoms with van der Waals surface area (Å²) in [6.07, 6.45) is 0.0421. The molecule has 0 aliphatic heterocycles. The molecule has 1 rings (SSSR count). The molecule has 0 spiro atoms. The highest BCUT2D eigenvalue weighted by atomic mass is 35.5. The molecule has 0 saturated heterocycles. The highest BCUT2D eigenvalue weighted by Gasteiger charge is 2.29. The number of hydrogen-bond donors (Lipinski definition) is 0. The summed E-state index contributed by atoms with van der Waals surface area (Å²) in [6, 6.07) is 4.29. The van der Waals surface area contributed by atoms with Gasteiger partial charge in [0, 0.05) is 16.1 Å². The number of carbonyl (C=O) groups is 2. The molecule has 1 amide bonds. The van der Waals surface area contributed by atoms with Crippen molar-refractivity contribution in [2.45, 2.75) is 46.2 Å². The third kappa shape index (κ3) is 4.62. The molecule has 4 nitrogen and oxygen atoms in total. The van der Waals surface area contributed by atoms with E-state index in [9.17, 15) is 9.59 Å². The maximum Gasteiger partial charge on any atom is 0.328 e. The first-order valence-electron chi connectivity index (χ1n) is 7.20. The van der Waals surface area contributed by atoms with Crippen LogP contribution in [0.5, 0.6) is 0 Å². The van der Waals surface area contributed by atoms with Gasteiger partial charge in [-0.2, -0.15) is 0 Å². The molecule has 0 saturated carbocycles. The smallest absolute Gasteiger partial charge is 0.328 e. The van der Waals surface area contributed by atoms with Crippen LogP contribution in [0, 0.1) is 0 Å². The Labute approximate surface area is 141 Å². The van der Waals surface area contributed by atoms with Crippen LogP contribution in [0.4, 0.5) is 0 Å². The third-order valence-corrected chi connectivity index (χ3v) is 3.99. The lowest BCUT2D eigenvalue weighted by atomic mass is 10.1. The molecule has 0 fully saturated rings. The van der Waals surface area contributed by atoms with Crippen LogP contribution in [0.25, 0.3) is 0 Å². The molecule has 1 atom stereocenters. The highest BCUT2D eigenvalue weighted by molar-refractivity contribution is 6.36. The molecule has 0 N–H and O–H groups in total.